The van der Waals surface area contributed by atoms with Gasteiger partial charge in [-0.3, -0.25) is 9.59 Å². The summed E-state index contributed by atoms with van der Waals surface area (Å²) >= 11 is 0. The average molecular weight is 435 g/mol. The van der Waals surface area contributed by atoms with Gasteiger partial charge in [0.1, 0.15) is 22.6 Å². The number of alkyl halides is 3. The first-order chi connectivity index (χ1) is 14.5. The van der Waals surface area contributed by atoms with E-state index in [0.717, 1.165) is 28.9 Å². The number of halogens is 4. The predicted molar refractivity (Wildman–Crippen MR) is 102 cm³/mol. The summed E-state index contributed by atoms with van der Waals surface area (Å²) in [5.74, 6) is -1.59. The molecule has 0 aliphatic carbocycles. The molecular weight excluding hydrogens is 418 g/mol. The maximum atomic E-state index is 13.7. The number of fused-ring (bicyclic) bond motifs is 1. The Bertz CT molecular complexity index is 1180. The summed E-state index contributed by atoms with van der Waals surface area (Å²) in [5.41, 5.74) is -2.88. The highest BCUT2D eigenvalue weighted by Crippen LogP contribution is 2.34. The van der Waals surface area contributed by atoms with Crippen molar-refractivity contribution in [2.75, 3.05) is 13.1 Å². The van der Waals surface area contributed by atoms with Crippen LogP contribution in [-0.4, -0.2) is 49.9 Å². The van der Waals surface area contributed by atoms with Crippen molar-refractivity contribution >= 4 is 17.5 Å². The highest BCUT2D eigenvalue weighted by Gasteiger charge is 2.42. The quantitative estimate of drug-likeness (QED) is 0.628. The number of hydrogen-bond donors (Lipinski definition) is 1. The molecule has 1 aliphatic rings. The average Bonchev–Trinajstić information content (AvgIpc) is 3.12. The van der Waals surface area contributed by atoms with Gasteiger partial charge in [-0.1, -0.05) is 0 Å². The van der Waals surface area contributed by atoms with Crippen LogP contribution < -0.4 is 5.32 Å². The first-order valence-electron chi connectivity index (χ1n) is 9.32. The minimum atomic E-state index is -4.77. The molecule has 1 aromatic carbocycles. The van der Waals surface area contributed by atoms with E-state index in [-0.39, 0.29) is 35.9 Å². The molecule has 2 aromatic heterocycles. The largest absolute Gasteiger partial charge is 0.420 e. The molecule has 0 bridgehead atoms. The van der Waals surface area contributed by atoms with Gasteiger partial charge in [0.15, 0.2) is 5.65 Å². The molecule has 0 spiro atoms. The van der Waals surface area contributed by atoms with Crippen LogP contribution in [0.2, 0.25) is 0 Å². The van der Waals surface area contributed by atoms with E-state index in [4.69, 9.17) is 0 Å². The molecule has 7 nitrogen and oxygen atoms in total. The number of nitrogens with zero attached hydrogens (tertiary/aromatic N) is 4. The lowest BCUT2D eigenvalue weighted by Gasteiger charge is -2.40. The van der Waals surface area contributed by atoms with Crippen LogP contribution >= 0.6 is 0 Å². The number of amides is 2. The van der Waals surface area contributed by atoms with Gasteiger partial charge in [0.05, 0.1) is 11.9 Å². The molecule has 0 saturated carbocycles. The van der Waals surface area contributed by atoms with E-state index in [9.17, 15) is 27.2 Å². The number of carbonyl (C=O) groups excluding carboxylic acids is 2. The summed E-state index contributed by atoms with van der Waals surface area (Å²) in [4.78, 5) is 30.3. The van der Waals surface area contributed by atoms with Crippen molar-refractivity contribution in [2.24, 2.45) is 0 Å². The fraction of sp³-hybridized carbons (Fsp3) is 0.300. The SMILES string of the molecule is CC1(C)C(=O)NCCN1C(=O)c1cn2nc(-c3ccc(F)cc3)cc(C(F)(F)F)c2n1. The Balaban J connectivity index is 1.83. The Morgan fingerprint density at radius 3 is 2.52 bits per heavy atom. The van der Waals surface area contributed by atoms with Crippen molar-refractivity contribution in [2.45, 2.75) is 25.6 Å². The second kappa shape index (κ2) is 7.03. The van der Waals surface area contributed by atoms with Crippen LogP contribution in [0.1, 0.15) is 29.9 Å². The van der Waals surface area contributed by atoms with E-state index < -0.39 is 34.7 Å². The molecule has 0 atom stereocenters. The van der Waals surface area contributed by atoms with Crippen molar-refractivity contribution in [3.05, 3.63) is 53.6 Å². The Labute approximate surface area is 173 Å². The van der Waals surface area contributed by atoms with Crippen LogP contribution in [0.3, 0.4) is 0 Å². The first-order valence-corrected chi connectivity index (χ1v) is 9.32. The van der Waals surface area contributed by atoms with Crippen LogP contribution in [-0.2, 0) is 11.0 Å². The van der Waals surface area contributed by atoms with Crippen molar-refractivity contribution < 1.29 is 27.2 Å². The Hall–Kier alpha value is -3.50. The van der Waals surface area contributed by atoms with Gasteiger partial charge in [-0.25, -0.2) is 13.9 Å². The standard InChI is InChI=1S/C20H17F4N5O2/c1-19(2)18(31)25-7-8-28(19)17(30)15-10-29-16(26-15)13(20(22,23)24)9-14(27-29)11-3-5-12(21)6-4-11/h3-6,9-10H,7-8H2,1-2H3,(H,25,31). The number of aromatic nitrogens is 3. The zero-order chi connectivity index (χ0) is 22.6. The summed E-state index contributed by atoms with van der Waals surface area (Å²) in [6.07, 6.45) is -3.67. The zero-order valence-corrected chi connectivity index (χ0v) is 16.5. The lowest BCUT2D eigenvalue weighted by molar-refractivity contribution is -0.136. The maximum Gasteiger partial charge on any atom is 0.420 e. The van der Waals surface area contributed by atoms with E-state index in [1.165, 1.54) is 17.0 Å². The Morgan fingerprint density at radius 1 is 1.19 bits per heavy atom. The zero-order valence-electron chi connectivity index (χ0n) is 16.5. The van der Waals surface area contributed by atoms with Gasteiger partial charge in [-0.15, -0.1) is 0 Å². The highest BCUT2D eigenvalue weighted by atomic mass is 19.4. The molecule has 1 saturated heterocycles. The smallest absolute Gasteiger partial charge is 0.352 e. The van der Waals surface area contributed by atoms with Crippen molar-refractivity contribution in [1.82, 2.24) is 24.8 Å². The number of hydrogen-bond acceptors (Lipinski definition) is 4. The summed E-state index contributed by atoms with van der Waals surface area (Å²) in [7, 11) is 0. The lowest BCUT2D eigenvalue weighted by Crippen LogP contribution is -2.63. The molecular formula is C20H17F4N5O2. The van der Waals surface area contributed by atoms with Gasteiger partial charge >= 0.3 is 6.18 Å². The normalized spacial score (nSPS) is 16.5. The number of nitrogens with one attached hydrogen (secondary N) is 1. The molecule has 1 fully saturated rings. The van der Waals surface area contributed by atoms with Crippen molar-refractivity contribution in [3.8, 4) is 11.3 Å². The molecule has 3 heterocycles. The molecule has 11 heteroatoms. The van der Waals surface area contributed by atoms with Crippen LogP contribution in [0.15, 0.2) is 36.5 Å². The molecule has 162 valence electrons. The molecule has 0 unspecified atom stereocenters. The molecule has 1 N–H and O–H groups in total. The first kappa shape index (κ1) is 20.8. The highest BCUT2D eigenvalue weighted by molar-refractivity contribution is 5.99. The summed E-state index contributed by atoms with van der Waals surface area (Å²) in [5, 5.41) is 6.78. The van der Waals surface area contributed by atoms with Gasteiger partial charge in [-0.2, -0.15) is 18.3 Å². The molecule has 1 aliphatic heterocycles. The molecule has 3 aromatic rings. The van der Waals surface area contributed by atoms with E-state index in [2.05, 4.69) is 15.4 Å². The summed E-state index contributed by atoms with van der Waals surface area (Å²) in [6.45, 7) is 3.50. The van der Waals surface area contributed by atoms with E-state index >= 15 is 0 Å². The van der Waals surface area contributed by atoms with Crippen molar-refractivity contribution in [3.63, 3.8) is 0 Å². The van der Waals surface area contributed by atoms with Gasteiger partial charge in [0.25, 0.3) is 5.91 Å². The minimum Gasteiger partial charge on any atom is -0.352 e. The van der Waals surface area contributed by atoms with Crippen LogP contribution in [0.5, 0.6) is 0 Å². The Kier molecular flexibility index (Phi) is 4.71. The fourth-order valence-electron chi connectivity index (χ4n) is 3.44. The molecule has 31 heavy (non-hydrogen) atoms. The summed E-state index contributed by atoms with van der Waals surface area (Å²) in [6, 6.07) is 5.65. The van der Waals surface area contributed by atoms with Gasteiger partial charge in [-0.05, 0) is 44.2 Å². The number of imidazole rings is 1. The third-order valence-corrected chi connectivity index (χ3v) is 5.19. The van der Waals surface area contributed by atoms with Gasteiger partial charge in [0, 0.05) is 18.7 Å². The van der Waals surface area contributed by atoms with Crippen LogP contribution in [0.25, 0.3) is 16.9 Å². The number of carbonyl (C=O) groups is 2. The van der Waals surface area contributed by atoms with Gasteiger partial charge in [0.2, 0.25) is 5.91 Å². The van der Waals surface area contributed by atoms with Gasteiger partial charge < -0.3 is 10.2 Å². The van der Waals surface area contributed by atoms with Crippen LogP contribution in [0, 0.1) is 5.82 Å². The third-order valence-electron chi connectivity index (χ3n) is 5.19. The third kappa shape index (κ3) is 3.60. The van der Waals surface area contributed by atoms with Crippen molar-refractivity contribution in [1.29, 1.82) is 0 Å². The number of benzene rings is 1. The molecule has 0 radical (unpaired) electrons. The predicted octanol–water partition coefficient (Wildman–Crippen LogP) is 2.90. The maximum absolute atomic E-state index is 13.7. The second-order valence-electron chi connectivity index (χ2n) is 7.61. The van der Waals surface area contributed by atoms with E-state index in [1.54, 1.807) is 13.8 Å². The fourth-order valence-corrected chi connectivity index (χ4v) is 3.44. The molecule has 2 amide bonds. The molecule has 4 rings (SSSR count). The van der Waals surface area contributed by atoms with E-state index in [1.807, 2.05) is 0 Å². The summed E-state index contributed by atoms with van der Waals surface area (Å²) < 4.78 is 55.3. The number of piperazine rings is 1. The Morgan fingerprint density at radius 2 is 1.87 bits per heavy atom. The lowest BCUT2D eigenvalue weighted by atomic mass is 9.98. The van der Waals surface area contributed by atoms with E-state index in [0.29, 0.717) is 0 Å². The monoisotopic (exact) mass is 435 g/mol. The minimum absolute atomic E-state index is 0.0612. The topological polar surface area (TPSA) is 79.6 Å². The second-order valence-corrected chi connectivity index (χ2v) is 7.61. The number of rotatable bonds is 2. The van der Waals surface area contributed by atoms with Crippen LogP contribution in [0.4, 0.5) is 17.6 Å².